The summed E-state index contributed by atoms with van der Waals surface area (Å²) in [5.41, 5.74) is 0.388. The van der Waals surface area contributed by atoms with Crippen molar-refractivity contribution in [3.8, 4) is 0 Å². The quantitative estimate of drug-likeness (QED) is 0.817. The largest absolute Gasteiger partial charge is 0.416 e. The van der Waals surface area contributed by atoms with Gasteiger partial charge in [0.1, 0.15) is 0 Å². The van der Waals surface area contributed by atoms with Crippen LogP contribution >= 0.6 is 0 Å². The van der Waals surface area contributed by atoms with Crippen LogP contribution in [0.2, 0.25) is 0 Å². The topological polar surface area (TPSA) is 12.0 Å². The van der Waals surface area contributed by atoms with Gasteiger partial charge < -0.3 is 5.32 Å². The molecule has 0 spiro atoms. The number of benzene rings is 1. The zero-order valence-corrected chi connectivity index (χ0v) is 10.8. The second-order valence-corrected chi connectivity index (χ2v) is 4.48. The summed E-state index contributed by atoms with van der Waals surface area (Å²) in [4.78, 5) is 0. The molecule has 0 aromatic heterocycles. The highest BCUT2D eigenvalue weighted by Gasteiger charge is 2.29. The van der Waals surface area contributed by atoms with Gasteiger partial charge in [-0.1, -0.05) is 32.4 Å². The van der Waals surface area contributed by atoms with Gasteiger partial charge in [0.15, 0.2) is 0 Å². The summed E-state index contributed by atoms with van der Waals surface area (Å²) in [6.45, 7) is 5.98. The number of nitrogens with one attached hydrogen (secondary N) is 1. The lowest BCUT2D eigenvalue weighted by Crippen LogP contribution is -2.23. The van der Waals surface area contributed by atoms with Crippen molar-refractivity contribution in [3.05, 3.63) is 35.4 Å². The molecule has 1 aromatic carbocycles. The minimum atomic E-state index is -4.24. The number of rotatable bonds is 6. The lowest BCUT2D eigenvalue weighted by molar-refractivity contribution is -0.137. The average Bonchev–Trinajstić information content (AvgIpc) is 2.34. The lowest BCUT2D eigenvalue weighted by Gasteiger charge is -2.15. The summed E-state index contributed by atoms with van der Waals surface area (Å²) >= 11 is 0. The highest BCUT2D eigenvalue weighted by molar-refractivity contribution is 5.24. The molecule has 1 atom stereocenters. The van der Waals surface area contributed by atoms with Crippen LogP contribution in [0.1, 0.15) is 31.4 Å². The molecule has 102 valence electrons. The second-order valence-electron chi connectivity index (χ2n) is 4.48. The maximum Gasteiger partial charge on any atom is 0.416 e. The van der Waals surface area contributed by atoms with Gasteiger partial charge >= 0.3 is 6.18 Å². The van der Waals surface area contributed by atoms with Crippen LogP contribution in [-0.4, -0.2) is 13.1 Å². The first kappa shape index (κ1) is 15.0. The van der Waals surface area contributed by atoms with Crippen molar-refractivity contribution in [1.29, 1.82) is 0 Å². The molecule has 0 fully saturated rings. The molecule has 0 aliphatic heterocycles. The van der Waals surface area contributed by atoms with Crippen LogP contribution in [0.3, 0.4) is 0 Å². The third kappa shape index (κ3) is 4.69. The molecule has 0 amide bonds. The van der Waals surface area contributed by atoms with Crippen LogP contribution in [0.15, 0.2) is 24.3 Å². The molecule has 0 saturated heterocycles. The Morgan fingerprint density at radius 3 is 2.17 bits per heavy atom. The van der Waals surface area contributed by atoms with Crippen LogP contribution < -0.4 is 5.32 Å². The molecule has 0 aliphatic rings. The lowest BCUT2D eigenvalue weighted by atomic mass is 9.96. The first-order chi connectivity index (χ1) is 8.47. The Hall–Kier alpha value is -1.03. The fourth-order valence-electron chi connectivity index (χ4n) is 1.87. The highest BCUT2D eigenvalue weighted by atomic mass is 19.4. The van der Waals surface area contributed by atoms with E-state index in [1.165, 1.54) is 0 Å². The van der Waals surface area contributed by atoms with E-state index in [1.54, 1.807) is 12.1 Å². The fourth-order valence-corrected chi connectivity index (χ4v) is 1.87. The van der Waals surface area contributed by atoms with E-state index in [0.717, 1.165) is 43.6 Å². The normalized spacial score (nSPS) is 13.6. The number of hydrogen-bond donors (Lipinski definition) is 1. The van der Waals surface area contributed by atoms with Crippen LogP contribution in [-0.2, 0) is 12.6 Å². The maximum absolute atomic E-state index is 12.4. The third-order valence-corrected chi connectivity index (χ3v) is 3.07. The van der Waals surface area contributed by atoms with E-state index in [9.17, 15) is 13.2 Å². The van der Waals surface area contributed by atoms with E-state index in [1.807, 2.05) is 6.92 Å². The zero-order chi connectivity index (χ0) is 13.6. The molecule has 0 bridgehead atoms. The van der Waals surface area contributed by atoms with Gasteiger partial charge in [-0.3, -0.25) is 0 Å². The highest BCUT2D eigenvalue weighted by Crippen LogP contribution is 2.29. The summed E-state index contributed by atoms with van der Waals surface area (Å²) in [7, 11) is 0. The zero-order valence-electron chi connectivity index (χ0n) is 10.8. The first-order valence-corrected chi connectivity index (χ1v) is 6.34. The Kier molecular flexibility index (Phi) is 5.66. The molecular formula is C14H20F3N. The summed E-state index contributed by atoms with van der Waals surface area (Å²) < 4.78 is 37.2. The van der Waals surface area contributed by atoms with Crippen molar-refractivity contribution in [2.75, 3.05) is 13.1 Å². The van der Waals surface area contributed by atoms with E-state index in [2.05, 4.69) is 12.2 Å². The molecule has 0 aliphatic carbocycles. The Morgan fingerprint density at radius 2 is 1.72 bits per heavy atom. The van der Waals surface area contributed by atoms with Crippen LogP contribution in [0.25, 0.3) is 0 Å². The van der Waals surface area contributed by atoms with Gasteiger partial charge in [-0.25, -0.2) is 0 Å². The van der Waals surface area contributed by atoms with Crippen molar-refractivity contribution in [2.24, 2.45) is 5.92 Å². The molecule has 0 saturated carbocycles. The minimum Gasteiger partial charge on any atom is -0.317 e. The molecule has 0 heterocycles. The van der Waals surface area contributed by atoms with E-state index >= 15 is 0 Å². The summed E-state index contributed by atoms with van der Waals surface area (Å²) in [6, 6.07) is 5.49. The predicted molar refractivity (Wildman–Crippen MR) is 67.5 cm³/mol. The smallest absolute Gasteiger partial charge is 0.317 e. The van der Waals surface area contributed by atoms with Gasteiger partial charge in [-0.2, -0.15) is 13.2 Å². The van der Waals surface area contributed by atoms with Crippen molar-refractivity contribution in [3.63, 3.8) is 0 Å². The Bertz CT molecular complexity index is 343. The van der Waals surface area contributed by atoms with Gasteiger partial charge in [-0.05, 0) is 43.1 Å². The molecule has 4 heteroatoms. The van der Waals surface area contributed by atoms with Crippen molar-refractivity contribution in [2.45, 2.75) is 32.9 Å². The number of hydrogen-bond acceptors (Lipinski definition) is 1. The summed E-state index contributed by atoms with van der Waals surface area (Å²) in [5.74, 6) is 0.474. The Morgan fingerprint density at radius 1 is 1.11 bits per heavy atom. The monoisotopic (exact) mass is 259 g/mol. The predicted octanol–water partition coefficient (Wildman–Crippen LogP) is 3.88. The Balaban J connectivity index is 2.62. The summed E-state index contributed by atoms with van der Waals surface area (Å²) in [5, 5.41) is 3.28. The summed E-state index contributed by atoms with van der Waals surface area (Å²) in [6.07, 6.45) is -2.40. The standard InChI is InChI=1S/C14H20F3N/c1-3-11(10-18-4-2)9-12-5-7-13(8-6-12)14(15,16)17/h5-8,11,18H,3-4,9-10H2,1-2H3. The fraction of sp³-hybridized carbons (Fsp3) is 0.571. The second kappa shape index (κ2) is 6.78. The van der Waals surface area contributed by atoms with Gasteiger partial charge in [0.2, 0.25) is 0 Å². The molecule has 18 heavy (non-hydrogen) atoms. The molecule has 1 N–H and O–H groups in total. The first-order valence-electron chi connectivity index (χ1n) is 6.34. The minimum absolute atomic E-state index is 0.474. The van der Waals surface area contributed by atoms with Crippen molar-refractivity contribution >= 4 is 0 Å². The van der Waals surface area contributed by atoms with E-state index in [0.29, 0.717) is 5.92 Å². The molecule has 1 rings (SSSR count). The van der Waals surface area contributed by atoms with Gasteiger partial charge in [0.25, 0.3) is 0 Å². The van der Waals surface area contributed by atoms with E-state index < -0.39 is 11.7 Å². The molecule has 1 unspecified atom stereocenters. The number of alkyl halides is 3. The molecule has 0 radical (unpaired) electrons. The van der Waals surface area contributed by atoms with Gasteiger partial charge in [-0.15, -0.1) is 0 Å². The van der Waals surface area contributed by atoms with Gasteiger partial charge in [0, 0.05) is 0 Å². The molecule has 1 nitrogen and oxygen atoms in total. The van der Waals surface area contributed by atoms with E-state index in [-0.39, 0.29) is 0 Å². The van der Waals surface area contributed by atoms with Crippen molar-refractivity contribution in [1.82, 2.24) is 5.32 Å². The van der Waals surface area contributed by atoms with Crippen molar-refractivity contribution < 1.29 is 13.2 Å². The Labute approximate surface area is 106 Å². The van der Waals surface area contributed by atoms with E-state index in [4.69, 9.17) is 0 Å². The maximum atomic E-state index is 12.4. The van der Waals surface area contributed by atoms with Crippen LogP contribution in [0.5, 0.6) is 0 Å². The third-order valence-electron chi connectivity index (χ3n) is 3.07. The van der Waals surface area contributed by atoms with Crippen LogP contribution in [0, 0.1) is 5.92 Å². The molecule has 1 aromatic rings. The number of halogens is 3. The van der Waals surface area contributed by atoms with Gasteiger partial charge in [0.05, 0.1) is 5.56 Å². The SMILES string of the molecule is CCNCC(CC)Cc1ccc(C(F)(F)F)cc1. The van der Waals surface area contributed by atoms with Crippen LogP contribution in [0.4, 0.5) is 13.2 Å². The molecular weight excluding hydrogens is 239 g/mol. The average molecular weight is 259 g/mol.